The minimum atomic E-state index is -1.14. The average molecular weight is 923 g/mol. The number of aliphatic hydroxyl groups excluding tert-OH is 1. The summed E-state index contributed by atoms with van der Waals surface area (Å²) in [5, 5.41) is 38.3. The highest BCUT2D eigenvalue weighted by Gasteiger charge is 2.14. The van der Waals surface area contributed by atoms with Gasteiger partial charge in [-0.2, -0.15) is 20.5 Å². The van der Waals surface area contributed by atoms with Crippen molar-refractivity contribution in [3.05, 3.63) is 157 Å². The van der Waals surface area contributed by atoms with Crippen molar-refractivity contribution < 1.29 is 42.3 Å². The lowest BCUT2D eigenvalue weighted by molar-refractivity contribution is 0.112. The highest BCUT2D eigenvalue weighted by atomic mass is 19.1. The molecule has 2 heterocycles. The third kappa shape index (κ3) is 19.1. The van der Waals surface area contributed by atoms with Gasteiger partial charge in [0.2, 0.25) is 11.9 Å². The SMILES string of the molecule is C.C.C=C(C#N)C(O)c1cccc(Nc2nc(Nc3ccc(OCCOC)cc3)ncc2F)c1.C=CC#N.COCCOc1ccc(Nc2ncc(F)c(Nc3cccc(C=O)c3)n2)cc1.F. The monoisotopic (exact) mass is 922 g/mol. The molecule has 352 valence electrons. The van der Waals surface area contributed by atoms with Crippen LogP contribution in [0.3, 0.4) is 0 Å². The molecule has 0 saturated heterocycles. The Kier molecular flexibility index (Phi) is 25.9. The van der Waals surface area contributed by atoms with E-state index in [1.807, 2.05) is 6.07 Å². The molecular weight excluding hydrogens is 870 g/mol. The van der Waals surface area contributed by atoms with Crippen LogP contribution in [0.4, 0.5) is 59.8 Å². The van der Waals surface area contributed by atoms with E-state index in [2.05, 4.69) is 54.4 Å². The molecule has 0 saturated carbocycles. The molecule has 2 aromatic heterocycles. The Labute approximate surface area is 388 Å². The normalized spacial score (nSPS) is 9.96. The Morgan fingerprint density at radius 2 is 1.16 bits per heavy atom. The molecule has 0 aliphatic heterocycles. The van der Waals surface area contributed by atoms with Crippen LogP contribution in [0.1, 0.15) is 36.9 Å². The summed E-state index contributed by atoms with van der Waals surface area (Å²) in [4.78, 5) is 27.1. The number of nitrogens with one attached hydrogen (secondary N) is 4. The van der Waals surface area contributed by atoms with Crippen LogP contribution in [0, 0.1) is 34.3 Å². The zero-order valence-electron chi connectivity index (χ0n) is 35.2. The first-order chi connectivity index (χ1) is 31.1. The average Bonchev–Trinajstić information content (AvgIpc) is 3.32. The van der Waals surface area contributed by atoms with Gasteiger partial charge in [0.1, 0.15) is 37.1 Å². The van der Waals surface area contributed by atoms with E-state index in [0.717, 1.165) is 24.4 Å². The van der Waals surface area contributed by atoms with Gasteiger partial charge in [0.25, 0.3) is 0 Å². The number of allylic oxidation sites excluding steroid dienone is 1. The summed E-state index contributed by atoms with van der Waals surface area (Å²) in [7, 11) is 3.22. The number of hydrogen-bond acceptors (Lipinski definition) is 16. The molecule has 1 unspecified atom stereocenters. The number of ether oxygens (including phenoxy) is 4. The van der Waals surface area contributed by atoms with E-state index >= 15 is 0 Å². The topological polar surface area (TPSA) is 221 Å². The number of methoxy groups -OCH3 is 2. The maximum atomic E-state index is 14.3. The van der Waals surface area contributed by atoms with Crippen molar-refractivity contribution in [2.24, 2.45) is 0 Å². The number of carbonyl (C=O) groups is 1. The van der Waals surface area contributed by atoms with Crippen LogP contribution in [0.15, 0.2) is 134 Å². The maximum absolute atomic E-state index is 14.3. The molecule has 0 aliphatic carbocycles. The lowest BCUT2D eigenvalue weighted by Crippen LogP contribution is -2.05. The second-order valence-corrected chi connectivity index (χ2v) is 12.8. The molecule has 6 aromatic rings. The molecule has 0 spiro atoms. The van der Waals surface area contributed by atoms with Crippen LogP contribution >= 0.6 is 0 Å². The zero-order chi connectivity index (χ0) is 46.1. The summed E-state index contributed by atoms with van der Waals surface area (Å²) in [5.74, 6) is 0.511. The van der Waals surface area contributed by atoms with Crippen molar-refractivity contribution in [3.8, 4) is 23.6 Å². The first kappa shape index (κ1) is 56.7. The Morgan fingerprint density at radius 3 is 1.58 bits per heavy atom. The van der Waals surface area contributed by atoms with E-state index in [0.29, 0.717) is 66.1 Å². The Bertz CT molecular complexity index is 2540. The van der Waals surface area contributed by atoms with E-state index in [-0.39, 0.29) is 48.7 Å². The maximum Gasteiger partial charge on any atom is 0.229 e. The summed E-state index contributed by atoms with van der Waals surface area (Å²) < 4.78 is 49.3. The highest BCUT2D eigenvalue weighted by Crippen LogP contribution is 2.27. The number of hydrogen-bond donors (Lipinski definition) is 5. The molecular formula is C48H53F3N10O6. The lowest BCUT2D eigenvalue weighted by atomic mass is 10.0. The number of halogens is 3. The Morgan fingerprint density at radius 1 is 0.716 bits per heavy atom. The van der Waals surface area contributed by atoms with Gasteiger partial charge in [-0.15, -0.1) is 0 Å². The lowest BCUT2D eigenvalue weighted by Gasteiger charge is -2.13. The van der Waals surface area contributed by atoms with Gasteiger partial charge in [0.15, 0.2) is 23.3 Å². The molecule has 6 rings (SSSR count). The van der Waals surface area contributed by atoms with Gasteiger partial charge in [-0.25, -0.2) is 18.7 Å². The second-order valence-electron chi connectivity index (χ2n) is 12.8. The smallest absolute Gasteiger partial charge is 0.229 e. The van der Waals surface area contributed by atoms with Gasteiger partial charge in [-0.1, -0.05) is 52.3 Å². The summed E-state index contributed by atoms with van der Waals surface area (Å²) >= 11 is 0. The molecule has 0 radical (unpaired) electrons. The fraction of sp³-hybridized carbons (Fsp3) is 0.188. The first-order valence-electron chi connectivity index (χ1n) is 19.1. The quantitative estimate of drug-likeness (QED) is 0.0290. The number of nitrogens with zero attached hydrogens (tertiary/aromatic N) is 6. The summed E-state index contributed by atoms with van der Waals surface area (Å²) in [6.07, 6.45) is 2.88. The van der Waals surface area contributed by atoms with Crippen LogP contribution in [0.5, 0.6) is 11.5 Å². The molecule has 0 aliphatic rings. The van der Waals surface area contributed by atoms with Gasteiger partial charge in [0.05, 0.1) is 43.3 Å². The summed E-state index contributed by atoms with van der Waals surface area (Å²) in [6.45, 7) is 8.55. The summed E-state index contributed by atoms with van der Waals surface area (Å²) in [6, 6.07) is 31.1. The molecule has 4 aromatic carbocycles. The Balaban J connectivity index is 0.000000599. The van der Waals surface area contributed by atoms with Gasteiger partial charge in [-0.3, -0.25) is 9.50 Å². The van der Waals surface area contributed by atoms with Crippen LogP contribution in [0.2, 0.25) is 0 Å². The molecule has 19 heteroatoms. The van der Waals surface area contributed by atoms with Gasteiger partial charge in [-0.05, 0) is 78.4 Å². The standard InChI is InChI=1S/C23H22FN5O3.C20H19FN4O3.C3H3N.2CH4.FH/c1-15(13-25)21(30)16-4-3-5-18(12-16)27-22-20(24)14-26-23(29-22)28-17-6-8-19(9-7-17)32-11-10-31-2;1-27-9-10-28-17-7-5-15(6-8-17)24-20-22-12-18(21)19(25-20)23-16-4-2-3-14(11-16)13-26;1-2-3-4;;;/h3-9,12,14,21,30H,1,10-11H2,2H3,(H2,26,27,28,29);2-8,11-13H,9-10H2,1H3,(H2,22,23,24,25);2H,1H2;2*1H4;1H. The predicted molar refractivity (Wildman–Crippen MR) is 254 cm³/mol. The van der Waals surface area contributed by atoms with Crippen molar-refractivity contribution in [1.82, 2.24) is 19.9 Å². The van der Waals surface area contributed by atoms with Crippen LogP contribution < -0.4 is 30.7 Å². The van der Waals surface area contributed by atoms with E-state index in [9.17, 15) is 18.7 Å². The van der Waals surface area contributed by atoms with Crippen molar-refractivity contribution in [2.75, 3.05) is 61.9 Å². The van der Waals surface area contributed by atoms with Crippen LogP contribution in [-0.4, -0.2) is 72.0 Å². The number of benzene rings is 4. The molecule has 16 nitrogen and oxygen atoms in total. The van der Waals surface area contributed by atoms with E-state index in [4.69, 9.17) is 29.5 Å². The molecule has 0 fully saturated rings. The number of carbonyl (C=O) groups excluding carboxylic acids is 1. The number of rotatable bonds is 19. The molecule has 0 bridgehead atoms. The first-order valence-corrected chi connectivity index (χ1v) is 19.1. The fourth-order valence-corrected chi connectivity index (χ4v) is 5.05. The summed E-state index contributed by atoms with van der Waals surface area (Å²) in [5.41, 5.74) is 3.38. The van der Waals surface area contributed by atoms with Crippen LogP contribution in [0.25, 0.3) is 0 Å². The Hall–Kier alpha value is -8.36. The van der Waals surface area contributed by atoms with Crippen molar-refractivity contribution in [2.45, 2.75) is 21.0 Å². The largest absolute Gasteiger partial charge is 0.491 e. The van der Waals surface area contributed by atoms with E-state index in [1.165, 1.54) is 6.08 Å². The zero-order valence-corrected chi connectivity index (χ0v) is 35.2. The van der Waals surface area contributed by atoms with E-state index in [1.54, 1.807) is 117 Å². The minimum absolute atomic E-state index is 0. The molecule has 5 N–H and O–H groups in total. The molecule has 0 amide bonds. The number of aldehydes is 1. The van der Waals surface area contributed by atoms with E-state index < -0.39 is 17.7 Å². The predicted octanol–water partition coefficient (Wildman–Crippen LogP) is 10.3. The second kappa shape index (κ2) is 30.7. The minimum Gasteiger partial charge on any atom is -0.491 e. The van der Waals surface area contributed by atoms with Gasteiger partial charge < -0.3 is 45.3 Å². The number of aliphatic hydroxyl groups is 1. The number of anilines is 8. The van der Waals surface area contributed by atoms with Crippen molar-refractivity contribution in [1.29, 1.82) is 10.5 Å². The third-order valence-electron chi connectivity index (χ3n) is 8.14. The molecule has 67 heavy (non-hydrogen) atoms. The molecule has 1 atom stereocenters. The van der Waals surface area contributed by atoms with Gasteiger partial charge in [0, 0.05) is 48.6 Å². The van der Waals surface area contributed by atoms with Crippen LogP contribution in [-0.2, 0) is 9.47 Å². The van der Waals surface area contributed by atoms with Crippen molar-refractivity contribution in [3.63, 3.8) is 0 Å². The number of aromatic nitrogens is 4. The highest BCUT2D eigenvalue weighted by molar-refractivity contribution is 5.77. The fourth-order valence-electron chi connectivity index (χ4n) is 5.05. The third-order valence-corrected chi connectivity index (χ3v) is 8.14. The van der Waals surface area contributed by atoms with Crippen molar-refractivity contribution >= 4 is 52.6 Å². The number of nitriles is 2. The van der Waals surface area contributed by atoms with Gasteiger partial charge >= 0.3 is 0 Å².